The summed E-state index contributed by atoms with van der Waals surface area (Å²) in [5.41, 5.74) is 3.13. The lowest BCUT2D eigenvalue weighted by molar-refractivity contribution is 0.0223. The number of halogens is 1. The molecule has 4 aliphatic rings. The number of carbonyl (C=O) groups excluding carboxylic acids is 1. The zero-order chi connectivity index (χ0) is 30.7. The van der Waals surface area contributed by atoms with Gasteiger partial charge in [-0.25, -0.2) is 9.18 Å². The van der Waals surface area contributed by atoms with Crippen LogP contribution in [-0.2, 0) is 16.8 Å². The first kappa shape index (κ1) is 30.8. The lowest BCUT2D eigenvalue weighted by atomic mass is 9.57. The molecule has 0 spiro atoms. The third-order valence-corrected chi connectivity index (χ3v) is 11.0. The number of alkyl carbamates (subject to hydrolysis) is 1. The summed E-state index contributed by atoms with van der Waals surface area (Å²) in [5.74, 6) is 1.00. The number of methoxy groups -OCH3 is 1. The molecule has 3 aliphatic heterocycles. The molecular formula is C35H46FN5O3. The molecule has 2 N–H and O–H groups in total. The van der Waals surface area contributed by atoms with Crippen LogP contribution in [0.1, 0.15) is 55.2 Å². The number of aliphatic hydroxyl groups is 1. The maximum atomic E-state index is 14.9. The van der Waals surface area contributed by atoms with Crippen LogP contribution < -0.4 is 10.2 Å². The maximum Gasteiger partial charge on any atom is 0.407 e. The lowest BCUT2D eigenvalue weighted by Crippen LogP contribution is -2.60. The van der Waals surface area contributed by atoms with Crippen molar-refractivity contribution in [2.75, 3.05) is 64.4 Å². The molecule has 1 saturated carbocycles. The van der Waals surface area contributed by atoms with Crippen LogP contribution in [0.3, 0.4) is 0 Å². The van der Waals surface area contributed by atoms with Gasteiger partial charge in [-0.1, -0.05) is 18.6 Å². The van der Waals surface area contributed by atoms with Crippen molar-refractivity contribution in [2.24, 2.45) is 17.8 Å². The molecule has 1 aliphatic carbocycles. The second kappa shape index (κ2) is 13.4. The number of aliphatic hydroxyl groups excluding tert-OH is 1. The predicted molar refractivity (Wildman–Crippen MR) is 168 cm³/mol. The molecule has 8 nitrogen and oxygen atoms in total. The van der Waals surface area contributed by atoms with Crippen LogP contribution in [0.2, 0.25) is 0 Å². The van der Waals surface area contributed by atoms with E-state index in [4.69, 9.17) is 4.74 Å². The van der Waals surface area contributed by atoms with Crippen LogP contribution in [0.15, 0.2) is 42.5 Å². The molecular weight excluding hydrogens is 557 g/mol. The molecule has 2 aromatic carbocycles. The molecule has 0 bridgehead atoms. The van der Waals surface area contributed by atoms with E-state index in [1.807, 2.05) is 18.2 Å². The van der Waals surface area contributed by atoms with E-state index in [1.165, 1.54) is 13.5 Å². The molecule has 44 heavy (non-hydrogen) atoms. The summed E-state index contributed by atoms with van der Waals surface area (Å²) in [4.78, 5) is 19.9. The maximum absolute atomic E-state index is 14.9. The highest BCUT2D eigenvalue weighted by Crippen LogP contribution is 2.51. The minimum atomic E-state index is -0.378. The van der Waals surface area contributed by atoms with E-state index in [1.54, 1.807) is 18.2 Å². The van der Waals surface area contributed by atoms with Gasteiger partial charge in [-0.2, -0.15) is 5.26 Å². The highest BCUT2D eigenvalue weighted by molar-refractivity contribution is 5.67. The standard InChI is InChI=1S/C35H46FN5O3/c1-44-34(43)38-33-8-3-7-32(33)35(24-40-13-4-14-40,29-5-2-6-30(36)18-29)28-11-15-39(16-12-28)20-25-21-41(22-25)31-10-9-26(19-37)27(17-31)23-42/h2,5-6,9-10,17-18,25,28,32-33,42H,3-4,7-8,11-16,20-24H2,1H3,(H,38,43)/t32-,33-,35-/m0/s1. The van der Waals surface area contributed by atoms with Crippen LogP contribution in [0, 0.1) is 34.9 Å². The van der Waals surface area contributed by atoms with Gasteiger partial charge in [-0.05, 0) is 112 Å². The van der Waals surface area contributed by atoms with E-state index in [9.17, 15) is 19.6 Å². The summed E-state index contributed by atoms with van der Waals surface area (Å²) in [5, 5.41) is 22.1. The fraction of sp³-hybridized carbons (Fsp3) is 0.600. The Bertz CT molecular complexity index is 1350. The zero-order valence-electron chi connectivity index (χ0n) is 25.9. The number of nitrogens with zero attached hydrogens (tertiary/aromatic N) is 4. The molecule has 6 rings (SSSR count). The highest BCUT2D eigenvalue weighted by atomic mass is 19.1. The fourth-order valence-corrected chi connectivity index (χ4v) is 8.65. The molecule has 3 heterocycles. The van der Waals surface area contributed by atoms with Crippen molar-refractivity contribution in [2.45, 2.75) is 56.6 Å². The van der Waals surface area contributed by atoms with E-state index in [-0.39, 0.29) is 35.9 Å². The van der Waals surface area contributed by atoms with Crippen LogP contribution in [-0.4, -0.2) is 86.5 Å². The summed E-state index contributed by atoms with van der Waals surface area (Å²) in [7, 11) is 1.42. The first-order valence-corrected chi connectivity index (χ1v) is 16.4. The molecule has 0 unspecified atom stereocenters. The molecule has 3 atom stereocenters. The van der Waals surface area contributed by atoms with Crippen molar-refractivity contribution < 1.29 is 19.0 Å². The SMILES string of the molecule is COC(=O)N[C@H]1CCC[C@@H]1[C@](CN1CCC1)(c1cccc(F)c1)C1CCN(CC2CN(c3ccc(C#N)c(CO)c3)C2)CC1. The molecule has 2 aromatic rings. The molecule has 0 aromatic heterocycles. The van der Waals surface area contributed by atoms with Gasteiger partial charge in [-0.15, -0.1) is 0 Å². The van der Waals surface area contributed by atoms with Gasteiger partial charge in [-0.3, -0.25) is 0 Å². The second-order valence-corrected chi connectivity index (χ2v) is 13.4. The third kappa shape index (κ3) is 6.17. The van der Waals surface area contributed by atoms with Gasteiger partial charge in [0.25, 0.3) is 0 Å². The van der Waals surface area contributed by atoms with E-state index in [2.05, 4.69) is 32.2 Å². The summed E-state index contributed by atoms with van der Waals surface area (Å²) in [6.45, 7) is 7.98. The topological polar surface area (TPSA) is 92.1 Å². The van der Waals surface area contributed by atoms with E-state index < -0.39 is 0 Å². The average Bonchev–Trinajstić information content (AvgIpc) is 3.46. The first-order valence-electron chi connectivity index (χ1n) is 16.4. The van der Waals surface area contributed by atoms with E-state index >= 15 is 0 Å². The highest BCUT2D eigenvalue weighted by Gasteiger charge is 2.53. The number of hydrogen-bond acceptors (Lipinski definition) is 7. The monoisotopic (exact) mass is 603 g/mol. The normalized spacial score (nSPS) is 24.6. The molecule has 1 amide bonds. The van der Waals surface area contributed by atoms with Gasteiger partial charge in [0.1, 0.15) is 5.82 Å². The Balaban J connectivity index is 1.16. The quantitative estimate of drug-likeness (QED) is 0.413. The Hall–Kier alpha value is -3.19. The molecule has 4 fully saturated rings. The number of nitriles is 1. The van der Waals surface area contributed by atoms with Crippen LogP contribution in [0.5, 0.6) is 0 Å². The third-order valence-electron chi connectivity index (χ3n) is 11.0. The predicted octanol–water partition coefficient (Wildman–Crippen LogP) is 4.51. The smallest absolute Gasteiger partial charge is 0.407 e. The average molecular weight is 604 g/mol. The van der Waals surface area contributed by atoms with Gasteiger partial charge in [0, 0.05) is 49.2 Å². The van der Waals surface area contributed by atoms with Crippen LogP contribution in [0.25, 0.3) is 0 Å². The number of anilines is 1. The summed E-state index contributed by atoms with van der Waals surface area (Å²) in [6, 6.07) is 15.2. The number of likely N-dealkylation sites (tertiary alicyclic amines) is 2. The molecule has 236 valence electrons. The molecule has 3 saturated heterocycles. The number of carbonyl (C=O) groups is 1. The summed E-state index contributed by atoms with van der Waals surface area (Å²) in [6.07, 6.45) is 5.92. The van der Waals surface area contributed by atoms with Gasteiger partial charge in [0.15, 0.2) is 0 Å². The van der Waals surface area contributed by atoms with Crippen molar-refractivity contribution in [3.05, 3.63) is 65.0 Å². The van der Waals surface area contributed by atoms with Crippen molar-refractivity contribution in [3.8, 4) is 6.07 Å². The van der Waals surface area contributed by atoms with Gasteiger partial charge >= 0.3 is 6.09 Å². The molecule has 9 heteroatoms. The Morgan fingerprint density at radius 1 is 1.07 bits per heavy atom. The number of piperidine rings is 1. The van der Waals surface area contributed by atoms with Crippen LogP contribution >= 0.6 is 0 Å². The minimum absolute atomic E-state index is 0.0135. The van der Waals surface area contributed by atoms with Gasteiger partial charge in [0.05, 0.1) is 25.3 Å². The lowest BCUT2D eigenvalue weighted by Gasteiger charge is -2.54. The van der Waals surface area contributed by atoms with Crippen molar-refractivity contribution in [3.63, 3.8) is 0 Å². The zero-order valence-corrected chi connectivity index (χ0v) is 25.9. The summed E-state index contributed by atoms with van der Waals surface area (Å²) < 4.78 is 19.9. The Morgan fingerprint density at radius 3 is 2.52 bits per heavy atom. The van der Waals surface area contributed by atoms with Gasteiger partial charge in [0.2, 0.25) is 0 Å². The van der Waals surface area contributed by atoms with Crippen LogP contribution in [0.4, 0.5) is 14.9 Å². The molecule has 0 radical (unpaired) electrons. The number of ether oxygens (including phenoxy) is 1. The largest absolute Gasteiger partial charge is 0.453 e. The van der Waals surface area contributed by atoms with Crippen molar-refractivity contribution >= 4 is 11.8 Å². The number of rotatable bonds is 10. The van der Waals surface area contributed by atoms with Gasteiger partial charge < -0.3 is 29.9 Å². The first-order chi connectivity index (χ1) is 21.4. The fourth-order valence-electron chi connectivity index (χ4n) is 8.65. The Labute approximate surface area is 260 Å². The number of hydrogen-bond donors (Lipinski definition) is 2. The summed E-state index contributed by atoms with van der Waals surface area (Å²) >= 11 is 0. The van der Waals surface area contributed by atoms with Crippen molar-refractivity contribution in [1.82, 2.24) is 15.1 Å². The second-order valence-electron chi connectivity index (χ2n) is 13.4. The van der Waals surface area contributed by atoms with E-state index in [0.29, 0.717) is 23.0 Å². The Morgan fingerprint density at radius 2 is 1.86 bits per heavy atom. The number of benzene rings is 2. The number of nitrogens with one attached hydrogen (secondary N) is 1. The minimum Gasteiger partial charge on any atom is -0.453 e. The Kier molecular flexibility index (Phi) is 9.41. The van der Waals surface area contributed by atoms with E-state index in [0.717, 1.165) is 95.7 Å². The number of amides is 1. The van der Waals surface area contributed by atoms with Crippen molar-refractivity contribution in [1.29, 1.82) is 5.26 Å².